The number of hydrogen-bond donors (Lipinski definition) is 0. The molecule has 0 saturated carbocycles. The van der Waals surface area contributed by atoms with Crippen molar-refractivity contribution in [1.82, 2.24) is 9.80 Å². The van der Waals surface area contributed by atoms with Crippen molar-refractivity contribution in [2.24, 2.45) is 0 Å². The van der Waals surface area contributed by atoms with Gasteiger partial charge in [-0.15, -0.1) is 0 Å². The molecule has 1 spiro atoms. The Morgan fingerprint density at radius 1 is 1.30 bits per heavy atom. The van der Waals surface area contributed by atoms with Crippen LogP contribution in [0.5, 0.6) is 0 Å². The average molecular weight is 295 g/mol. The largest absolute Gasteiger partial charge is 0.354 e. The molecule has 1 aromatic rings. The molecule has 4 nitrogen and oxygen atoms in total. The SMILES string of the molecule is CN1CCC2(CC1)OCCN2C(=O)c1cccc(Cl)c1. The lowest BCUT2D eigenvalue weighted by Gasteiger charge is -2.42. The van der Waals surface area contributed by atoms with Crippen LogP contribution >= 0.6 is 11.6 Å². The highest BCUT2D eigenvalue weighted by Gasteiger charge is 2.46. The molecule has 3 rings (SSSR count). The summed E-state index contributed by atoms with van der Waals surface area (Å²) >= 11 is 5.98. The first-order valence-electron chi connectivity index (χ1n) is 7.01. The van der Waals surface area contributed by atoms with Gasteiger partial charge in [0.25, 0.3) is 5.91 Å². The summed E-state index contributed by atoms with van der Waals surface area (Å²) in [5, 5.41) is 0.591. The highest BCUT2D eigenvalue weighted by molar-refractivity contribution is 6.30. The molecule has 1 amide bonds. The van der Waals surface area contributed by atoms with Gasteiger partial charge in [0.2, 0.25) is 0 Å². The molecule has 0 N–H and O–H groups in total. The molecule has 0 atom stereocenters. The third kappa shape index (κ3) is 2.43. The number of ether oxygens (including phenoxy) is 1. The predicted octanol–water partition coefficient (Wildman–Crippen LogP) is 2.23. The fraction of sp³-hybridized carbons (Fsp3) is 0.533. The quantitative estimate of drug-likeness (QED) is 0.796. The zero-order valence-electron chi connectivity index (χ0n) is 11.6. The summed E-state index contributed by atoms with van der Waals surface area (Å²) in [5.41, 5.74) is 0.229. The zero-order chi connectivity index (χ0) is 14.2. The van der Waals surface area contributed by atoms with E-state index in [0.29, 0.717) is 23.7 Å². The molecule has 2 aliphatic rings. The van der Waals surface area contributed by atoms with Crippen molar-refractivity contribution < 1.29 is 9.53 Å². The van der Waals surface area contributed by atoms with Crippen molar-refractivity contribution in [3.63, 3.8) is 0 Å². The van der Waals surface area contributed by atoms with E-state index in [4.69, 9.17) is 16.3 Å². The number of likely N-dealkylation sites (tertiary alicyclic amines) is 1. The number of rotatable bonds is 1. The molecule has 2 heterocycles. The van der Waals surface area contributed by atoms with E-state index < -0.39 is 5.72 Å². The van der Waals surface area contributed by atoms with Crippen LogP contribution in [0.15, 0.2) is 24.3 Å². The van der Waals surface area contributed by atoms with Crippen LogP contribution < -0.4 is 0 Å². The van der Waals surface area contributed by atoms with E-state index in [1.54, 1.807) is 12.1 Å². The lowest BCUT2D eigenvalue weighted by atomic mass is 9.98. The molecule has 2 fully saturated rings. The molecular formula is C15H19ClN2O2. The Kier molecular flexibility index (Phi) is 3.71. The summed E-state index contributed by atoms with van der Waals surface area (Å²) < 4.78 is 5.96. The number of halogens is 1. The van der Waals surface area contributed by atoms with E-state index >= 15 is 0 Å². The first-order chi connectivity index (χ1) is 9.61. The van der Waals surface area contributed by atoms with Crippen LogP contribution in [0.2, 0.25) is 5.02 Å². The maximum Gasteiger partial charge on any atom is 0.256 e. The second kappa shape index (κ2) is 5.35. The molecule has 5 heteroatoms. The van der Waals surface area contributed by atoms with Crippen molar-refractivity contribution in [2.75, 3.05) is 33.3 Å². The van der Waals surface area contributed by atoms with Gasteiger partial charge >= 0.3 is 0 Å². The molecule has 1 aromatic carbocycles. The number of benzene rings is 1. The van der Waals surface area contributed by atoms with Crippen LogP contribution in [0, 0.1) is 0 Å². The van der Waals surface area contributed by atoms with Gasteiger partial charge in [-0.05, 0) is 25.2 Å². The fourth-order valence-corrected chi connectivity index (χ4v) is 3.25. The third-order valence-corrected chi connectivity index (χ3v) is 4.50. The van der Waals surface area contributed by atoms with Gasteiger partial charge in [0.15, 0.2) is 0 Å². The second-order valence-electron chi connectivity index (χ2n) is 5.57. The Hall–Kier alpha value is -1.10. The minimum atomic E-state index is -0.411. The maximum atomic E-state index is 12.7. The first kappa shape index (κ1) is 13.9. The average Bonchev–Trinajstić information content (AvgIpc) is 2.85. The van der Waals surface area contributed by atoms with Crippen LogP contribution in [-0.4, -0.2) is 54.7 Å². The van der Waals surface area contributed by atoms with Crippen molar-refractivity contribution in [2.45, 2.75) is 18.6 Å². The molecule has 108 valence electrons. The number of piperidine rings is 1. The van der Waals surface area contributed by atoms with Crippen LogP contribution in [0.4, 0.5) is 0 Å². The zero-order valence-corrected chi connectivity index (χ0v) is 12.4. The molecule has 0 aromatic heterocycles. The number of amides is 1. The van der Waals surface area contributed by atoms with Gasteiger partial charge in [0.05, 0.1) is 6.61 Å². The second-order valence-corrected chi connectivity index (χ2v) is 6.00. The number of carbonyl (C=O) groups excluding carboxylic acids is 1. The van der Waals surface area contributed by atoms with E-state index in [0.717, 1.165) is 25.9 Å². The number of hydrogen-bond acceptors (Lipinski definition) is 3. The summed E-state index contributed by atoms with van der Waals surface area (Å²) in [6.45, 7) is 3.20. The van der Waals surface area contributed by atoms with Gasteiger partial charge in [-0.1, -0.05) is 17.7 Å². The molecule has 0 bridgehead atoms. The first-order valence-corrected chi connectivity index (χ1v) is 7.39. The number of carbonyl (C=O) groups is 1. The van der Waals surface area contributed by atoms with E-state index in [1.807, 2.05) is 17.0 Å². The van der Waals surface area contributed by atoms with Gasteiger partial charge in [0.1, 0.15) is 5.72 Å². The van der Waals surface area contributed by atoms with Gasteiger partial charge < -0.3 is 14.5 Å². The highest BCUT2D eigenvalue weighted by Crippen LogP contribution is 2.35. The summed E-state index contributed by atoms with van der Waals surface area (Å²) in [4.78, 5) is 16.9. The summed E-state index contributed by atoms with van der Waals surface area (Å²) in [6.07, 6.45) is 1.74. The lowest BCUT2D eigenvalue weighted by molar-refractivity contribution is -0.102. The lowest BCUT2D eigenvalue weighted by Crippen LogP contribution is -2.54. The molecule has 2 aliphatic heterocycles. The van der Waals surface area contributed by atoms with E-state index in [-0.39, 0.29) is 5.91 Å². The Morgan fingerprint density at radius 3 is 2.75 bits per heavy atom. The molecule has 20 heavy (non-hydrogen) atoms. The topological polar surface area (TPSA) is 32.8 Å². The minimum Gasteiger partial charge on any atom is -0.354 e. The molecule has 0 unspecified atom stereocenters. The van der Waals surface area contributed by atoms with Crippen molar-refractivity contribution in [3.05, 3.63) is 34.9 Å². The van der Waals surface area contributed by atoms with Crippen molar-refractivity contribution in [3.8, 4) is 0 Å². The van der Waals surface area contributed by atoms with Gasteiger partial charge in [0, 0.05) is 43.1 Å². The fourth-order valence-electron chi connectivity index (χ4n) is 3.05. The van der Waals surface area contributed by atoms with Gasteiger partial charge in [-0.2, -0.15) is 0 Å². The molecular weight excluding hydrogens is 276 g/mol. The highest BCUT2D eigenvalue weighted by atomic mass is 35.5. The Morgan fingerprint density at radius 2 is 2.05 bits per heavy atom. The Bertz CT molecular complexity index is 512. The Balaban J connectivity index is 1.83. The van der Waals surface area contributed by atoms with Crippen LogP contribution in [0.3, 0.4) is 0 Å². The molecule has 0 aliphatic carbocycles. The van der Waals surface area contributed by atoms with Crippen LogP contribution in [0.25, 0.3) is 0 Å². The normalized spacial score (nSPS) is 22.4. The summed E-state index contributed by atoms with van der Waals surface area (Å²) in [6, 6.07) is 7.14. The minimum absolute atomic E-state index is 0.0227. The third-order valence-electron chi connectivity index (χ3n) is 4.26. The van der Waals surface area contributed by atoms with E-state index in [9.17, 15) is 4.79 Å². The van der Waals surface area contributed by atoms with Crippen molar-refractivity contribution >= 4 is 17.5 Å². The van der Waals surface area contributed by atoms with E-state index in [1.165, 1.54) is 0 Å². The molecule has 0 radical (unpaired) electrons. The van der Waals surface area contributed by atoms with Crippen LogP contribution in [0.1, 0.15) is 23.2 Å². The van der Waals surface area contributed by atoms with E-state index in [2.05, 4.69) is 11.9 Å². The standard InChI is InChI=1S/C15H19ClN2O2/c1-17-7-5-15(6-8-17)18(9-10-20-15)14(19)12-3-2-4-13(16)11-12/h2-4,11H,5-10H2,1H3. The van der Waals surface area contributed by atoms with Crippen molar-refractivity contribution in [1.29, 1.82) is 0 Å². The monoisotopic (exact) mass is 294 g/mol. The molecule has 2 saturated heterocycles. The number of nitrogens with zero attached hydrogens (tertiary/aromatic N) is 2. The summed E-state index contributed by atoms with van der Waals surface area (Å²) in [5.74, 6) is 0.0227. The summed E-state index contributed by atoms with van der Waals surface area (Å²) in [7, 11) is 2.10. The smallest absolute Gasteiger partial charge is 0.256 e. The Labute approximate surface area is 124 Å². The predicted molar refractivity (Wildman–Crippen MR) is 77.9 cm³/mol. The van der Waals surface area contributed by atoms with Gasteiger partial charge in [-0.3, -0.25) is 4.79 Å². The van der Waals surface area contributed by atoms with Crippen LogP contribution in [-0.2, 0) is 4.74 Å². The maximum absolute atomic E-state index is 12.7. The van der Waals surface area contributed by atoms with Gasteiger partial charge in [-0.25, -0.2) is 0 Å².